The van der Waals surface area contributed by atoms with Crippen LogP contribution in [0.4, 0.5) is 0 Å². The number of nitrogens with zero attached hydrogens (tertiary/aromatic N) is 1. The summed E-state index contributed by atoms with van der Waals surface area (Å²) in [6.07, 6.45) is 67.2. The first-order valence-electron chi connectivity index (χ1n) is 28.7. The summed E-state index contributed by atoms with van der Waals surface area (Å²) in [6.45, 7) is 4.63. The highest BCUT2D eigenvalue weighted by molar-refractivity contribution is 7.45. The van der Waals surface area contributed by atoms with Gasteiger partial charge in [-0.25, -0.2) is 0 Å². The molecule has 0 rings (SSSR count). The number of unbranched alkanes of at least 4 members (excludes halogenated alkanes) is 31. The molecule has 0 saturated carbocycles. The Hall–Kier alpha value is -1.80. The normalized spacial score (nSPS) is 14.4. The van der Waals surface area contributed by atoms with Crippen LogP contribution in [0.2, 0.25) is 0 Å². The molecule has 0 aliphatic heterocycles. The minimum Gasteiger partial charge on any atom is -0.756 e. The number of hydrogen-bond donors (Lipinski definition) is 2. The quantitative estimate of drug-likeness (QED) is 0.0272. The monoisotopic (exact) mass is 975 g/mol. The number of phosphoric acid groups is 1. The number of rotatable bonds is 52. The second-order valence-electron chi connectivity index (χ2n) is 20.6. The smallest absolute Gasteiger partial charge is 0.268 e. The van der Waals surface area contributed by atoms with Crippen LogP contribution in [0.15, 0.2) is 60.8 Å². The van der Waals surface area contributed by atoms with Gasteiger partial charge in [0.25, 0.3) is 7.82 Å². The molecule has 0 radical (unpaired) electrons. The summed E-state index contributed by atoms with van der Waals surface area (Å²) in [5.41, 5.74) is 0. The molecule has 0 saturated heterocycles. The maximum absolute atomic E-state index is 13.0. The molecular weight excluding hydrogens is 864 g/mol. The Morgan fingerprint density at radius 2 is 0.868 bits per heavy atom. The molecule has 0 aromatic carbocycles. The van der Waals surface area contributed by atoms with Crippen LogP contribution in [0.5, 0.6) is 0 Å². The van der Waals surface area contributed by atoms with Crippen LogP contribution in [0.25, 0.3) is 0 Å². The second kappa shape index (κ2) is 50.2. The van der Waals surface area contributed by atoms with E-state index in [9.17, 15) is 19.4 Å². The lowest BCUT2D eigenvalue weighted by atomic mass is 10.0. The lowest BCUT2D eigenvalue weighted by molar-refractivity contribution is -0.870. The Bertz CT molecular complexity index is 1290. The van der Waals surface area contributed by atoms with Crippen molar-refractivity contribution in [2.24, 2.45) is 0 Å². The van der Waals surface area contributed by atoms with Crippen molar-refractivity contribution in [2.45, 2.75) is 270 Å². The first-order chi connectivity index (χ1) is 33.0. The summed E-state index contributed by atoms with van der Waals surface area (Å²) < 4.78 is 23.3. The molecule has 0 aromatic rings. The third kappa shape index (κ3) is 52.0. The van der Waals surface area contributed by atoms with Gasteiger partial charge in [0.2, 0.25) is 5.91 Å². The third-order valence-corrected chi connectivity index (χ3v) is 13.7. The van der Waals surface area contributed by atoms with Gasteiger partial charge in [-0.2, -0.15) is 0 Å². The SMILES string of the molecule is CCCCCCC/C=C\C/C=C\C/C=C\CCCCCCCCCCCCCCCCC(=O)NC(COP(=O)([O-])OCC[N+](C)(C)C)C(O)/C=C/CC/C=C/CCCCCCCCCCCCC. The summed E-state index contributed by atoms with van der Waals surface area (Å²) in [5, 5.41) is 13.8. The van der Waals surface area contributed by atoms with Gasteiger partial charge in [-0.1, -0.05) is 242 Å². The molecule has 0 spiro atoms. The molecule has 3 unspecified atom stereocenters. The van der Waals surface area contributed by atoms with E-state index in [2.05, 4.69) is 67.8 Å². The summed E-state index contributed by atoms with van der Waals surface area (Å²) in [6, 6.07) is -0.905. The number of nitrogens with one attached hydrogen (secondary N) is 1. The van der Waals surface area contributed by atoms with Crippen LogP contribution in [-0.2, 0) is 18.4 Å². The lowest BCUT2D eigenvalue weighted by Gasteiger charge is -2.29. The van der Waals surface area contributed by atoms with Crippen molar-refractivity contribution in [1.29, 1.82) is 0 Å². The molecule has 68 heavy (non-hydrogen) atoms. The van der Waals surface area contributed by atoms with E-state index in [1.54, 1.807) is 6.08 Å². The molecular formula is C59H111N2O6P. The molecule has 9 heteroatoms. The Balaban J connectivity index is 4.19. The molecule has 0 aromatic heterocycles. The van der Waals surface area contributed by atoms with E-state index in [1.165, 1.54) is 186 Å². The molecule has 0 heterocycles. The Morgan fingerprint density at radius 3 is 1.29 bits per heavy atom. The highest BCUT2D eigenvalue weighted by Gasteiger charge is 2.23. The van der Waals surface area contributed by atoms with Crippen molar-refractivity contribution in [2.75, 3.05) is 40.9 Å². The fourth-order valence-corrected chi connectivity index (χ4v) is 8.90. The fourth-order valence-electron chi connectivity index (χ4n) is 8.18. The van der Waals surface area contributed by atoms with Gasteiger partial charge in [0.05, 0.1) is 39.9 Å². The Morgan fingerprint density at radius 1 is 0.515 bits per heavy atom. The van der Waals surface area contributed by atoms with E-state index >= 15 is 0 Å². The molecule has 2 N–H and O–H groups in total. The van der Waals surface area contributed by atoms with Gasteiger partial charge in [0.1, 0.15) is 13.2 Å². The number of allylic oxidation sites excluding steroid dienone is 9. The summed E-state index contributed by atoms with van der Waals surface area (Å²) >= 11 is 0. The Kier molecular flexibility index (Phi) is 48.8. The van der Waals surface area contributed by atoms with Gasteiger partial charge in [0.15, 0.2) is 0 Å². The summed E-state index contributed by atoms with van der Waals surface area (Å²) in [5.74, 6) is -0.208. The van der Waals surface area contributed by atoms with E-state index in [1.807, 2.05) is 27.2 Å². The average Bonchev–Trinajstić information content (AvgIpc) is 3.30. The van der Waals surface area contributed by atoms with Crippen molar-refractivity contribution in [3.63, 3.8) is 0 Å². The molecule has 3 atom stereocenters. The minimum absolute atomic E-state index is 0.00755. The van der Waals surface area contributed by atoms with Crippen molar-refractivity contribution in [1.82, 2.24) is 5.32 Å². The van der Waals surface area contributed by atoms with E-state index in [-0.39, 0.29) is 12.5 Å². The van der Waals surface area contributed by atoms with E-state index in [0.29, 0.717) is 17.4 Å². The predicted molar refractivity (Wildman–Crippen MR) is 293 cm³/mol. The zero-order valence-electron chi connectivity index (χ0n) is 45.3. The van der Waals surface area contributed by atoms with Gasteiger partial charge in [-0.15, -0.1) is 0 Å². The van der Waals surface area contributed by atoms with Gasteiger partial charge >= 0.3 is 0 Å². The van der Waals surface area contributed by atoms with Gasteiger partial charge in [-0.05, 0) is 70.6 Å². The van der Waals surface area contributed by atoms with Gasteiger partial charge < -0.3 is 28.8 Å². The third-order valence-electron chi connectivity index (χ3n) is 12.7. The van der Waals surface area contributed by atoms with E-state index < -0.39 is 26.6 Å². The minimum atomic E-state index is -4.60. The highest BCUT2D eigenvalue weighted by atomic mass is 31.2. The maximum Gasteiger partial charge on any atom is 0.268 e. The van der Waals surface area contributed by atoms with Crippen molar-refractivity contribution >= 4 is 13.7 Å². The lowest BCUT2D eigenvalue weighted by Crippen LogP contribution is -2.45. The Labute approximate surface area is 422 Å². The molecule has 8 nitrogen and oxygen atoms in total. The van der Waals surface area contributed by atoms with Crippen LogP contribution in [0.3, 0.4) is 0 Å². The number of quaternary nitrogens is 1. The topological polar surface area (TPSA) is 108 Å². The van der Waals surface area contributed by atoms with Gasteiger partial charge in [-0.3, -0.25) is 9.36 Å². The maximum atomic E-state index is 13.0. The van der Waals surface area contributed by atoms with Gasteiger partial charge in [0, 0.05) is 6.42 Å². The number of phosphoric ester groups is 1. The zero-order valence-corrected chi connectivity index (χ0v) is 46.2. The first-order valence-corrected chi connectivity index (χ1v) is 30.1. The van der Waals surface area contributed by atoms with Crippen molar-refractivity contribution in [3.8, 4) is 0 Å². The number of aliphatic hydroxyl groups is 1. The van der Waals surface area contributed by atoms with Crippen molar-refractivity contribution in [3.05, 3.63) is 60.8 Å². The highest BCUT2D eigenvalue weighted by Crippen LogP contribution is 2.38. The molecule has 0 fully saturated rings. The second-order valence-corrected chi connectivity index (χ2v) is 22.0. The summed E-state index contributed by atoms with van der Waals surface area (Å²) in [7, 11) is 1.24. The van der Waals surface area contributed by atoms with Crippen LogP contribution < -0.4 is 10.2 Å². The zero-order chi connectivity index (χ0) is 49.9. The van der Waals surface area contributed by atoms with Crippen molar-refractivity contribution < 1.29 is 32.9 Å². The molecule has 0 aliphatic carbocycles. The summed E-state index contributed by atoms with van der Waals surface area (Å²) in [4.78, 5) is 25.5. The molecule has 398 valence electrons. The average molecular weight is 976 g/mol. The fraction of sp³-hybridized carbons (Fsp3) is 0.814. The number of hydrogen-bond acceptors (Lipinski definition) is 6. The molecule has 1 amide bonds. The predicted octanol–water partition coefficient (Wildman–Crippen LogP) is 16.7. The number of amides is 1. The standard InChI is InChI=1S/C59H111N2O6P/c1-6-8-10-12-14-16-18-20-22-24-25-26-27-28-29-30-31-32-33-34-35-37-39-41-43-45-47-49-51-53-59(63)60-57(56-67-68(64,65)66-55-54-61(3,4)5)58(62)52-50-48-46-44-42-40-38-36-23-21-19-17-15-13-11-9-7-2/h18,20,24-25,27-28,42,44,50,52,57-58,62H,6-17,19,21-23,26,29-41,43,45-49,51,53-56H2,1-5H3,(H-,60,63,64,65)/b20-18-,25-24-,28-27-,44-42+,52-50+. The number of aliphatic hydroxyl groups excluding tert-OH is 1. The number of carbonyl (C=O) groups is 1. The number of likely N-dealkylation sites (N-methyl/N-ethyl adjacent to an activating group) is 1. The van der Waals surface area contributed by atoms with E-state index in [0.717, 1.165) is 51.4 Å². The molecule has 0 aliphatic rings. The van der Waals surface area contributed by atoms with Crippen LogP contribution >= 0.6 is 7.82 Å². The van der Waals surface area contributed by atoms with Crippen LogP contribution in [0, 0.1) is 0 Å². The number of carbonyl (C=O) groups excluding carboxylic acids is 1. The van der Waals surface area contributed by atoms with Crippen LogP contribution in [-0.4, -0.2) is 68.5 Å². The largest absolute Gasteiger partial charge is 0.756 e. The first kappa shape index (κ1) is 66.2. The molecule has 0 bridgehead atoms. The van der Waals surface area contributed by atoms with Crippen LogP contribution in [0.1, 0.15) is 258 Å². The van der Waals surface area contributed by atoms with E-state index in [4.69, 9.17) is 9.05 Å².